The SMILES string of the molecule is OCC1O[C@@H](S[C@@H]2O[C@H](CO)C(O)C(n3cc(-c4cccc(F)c4)cn3)[C@H]2O)C(O)[C@@H](n2cc(-c3cccc(F)c3)cn2)[C@H]1O. The van der Waals surface area contributed by atoms with E-state index < -0.39 is 84.4 Å². The van der Waals surface area contributed by atoms with Crippen molar-refractivity contribution in [2.45, 2.75) is 59.6 Å². The maximum atomic E-state index is 13.8. The van der Waals surface area contributed by atoms with E-state index in [1.807, 2.05) is 0 Å². The Morgan fingerprint density at radius 2 is 1.07 bits per heavy atom. The molecule has 0 saturated carbocycles. The molecule has 10 atom stereocenters. The molecule has 6 rings (SSSR count). The number of aliphatic hydroxyl groups excluding tert-OH is 6. The molecule has 0 bridgehead atoms. The summed E-state index contributed by atoms with van der Waals surface area (Å²) in [4.78, 5) is 0. The van der Waals surface area contributed by atoms with E-state index in [0.29, 0.717) is 22.3 Å². The molecule has 2 aliphatic heterocycles. The van der Waals surface area contributed by atoms with Crippen LogP contribution in [0.25, 0.3) is 22.3 Å². The van der Waals surface area contributed by atoms with Crippen LogP contribution in [0.2, 0.25) is 0 Å². The van der Waals surface area contributed by atoms with Crippen LogP contribution in [-0.4, -0.2) is 111 Å². The van der Waals surface area contributed by atoms with Gasteiger partial charge in [-0.3, -0.25) is 9.36 Å². The van der Waals surface area contributed by atoms with E-state index in [9.17, 15) is 39.4 Å². The Hall–Kier alpha value is -3.25. The van der Waals surface area contributed by atoms with Gasteiger partial charge < -0.3 is 40.1 Å². The van der Waals surface area contributed by atoms with E-state index in [-0.39, 0.29) is 0 Å². The third kappa shape index (κ3) is 6.27. The van der Waals surface area contributed by atoms with Crippen molar-refractivity contribution >= 4 is 11.8 Å². The molecule has 4 unspecified atom stereocenters. The molecule has 12 nitrogen and oxygen atoms in total. The van der Waals surface area contributed by atoms with Crippen LogP contribution in [-0.2, 0) is 9.47 Å². The third-order valence-corrected chi connectivity index (χ3v) is 9.41. The fourth-order valence-electron chi connectivity index (χ4n) is 5.75. The van der Waals surface area contributed by atoms with Crippen LogP contribution in [0.5, 0.6) is 0 Å². The first-order valence-electron chi connectivity index (χ1n) is 14.2. The van der Waals surface area contributed by atoms with Crippen LogP contribution in [0.4, 0.5) is 8.78 Å². The molecular weight excluding hydrogens is 614 g/mol. The van der Waals surface area contributed by atoms with Crippen molar-refractivity contribution in [1.29, 1.82) is 0 Å². The molecule has 45 heavy (non-hydrogen) atoms. The maximum absolute atomic E-state index is 13.8. The molecule has 4 heterocycles. The summed E-state index contributed by atoms with van der Waals surface area (Å²) in [7, 11) is 0. The van der Waals surface area contributed by atoms with Crippen molar-refractivity contribution in [3.63, 3.8) is 0 Å². The smallest absolute Gasteiger partial charge is 0.134 e. The number of nitrogens with zero attached hydrogens (tertiary/aromatic N) is 4. The zero-order valence-corrected chi connectivity index (χ0v) is 24.4. The normalized spacial score (nSPS) is 32.1. The highest BCUT2D eigenvalue weighted by atomic mass is 32.2. The number of hydrogen-bond acceptors (Lipinski definition) is 11. The van der Waals surface area contributed by atoms with Gasteiger partial charge in [-0.25, -0.2) is 8.78 Å². The van der Waals surface area contributed by atoms with Crippen LogP contribution in [0, 0.1) is 11.6 Å². The van der Waals surface area contributed by atoms with E-state index in [2.05, 4.69) is 10.2 Å². The molecule has 6 N–H and O–H groups in total. The Balaban J connectivity index is 1.25. The van der Waals surface area contributed by atoms with Crippen molar-refractivity contribution in [1.82, 2.24) is 19.6 Å². The van der Waals surface area contributed by atoms with Gasteiger partial charge in [0.15, 0.2) is 0 Å². The Morgan fingerprint density at radius 1 is 0.644 bits per heavy atom. The van der Waals surface area contributed by atoms with Crippen LogP contribution < -0.4 is 0 Å². The Labute approximate surface area is 260 Å². The molecule has 0 aliphatic carbocycles. The van der Waals surface area contributed by atoms with E-state index >= 15 is 0 Å². The number of halogens is 2. The van der Waals surface area contributed by atoms with Gasteiger partial charge in [0.2, 0.25) is 0 Å². The van der Waals surface area contributed by atoms with Gasteiger partial charge in [0.1, 0.15) is 71.2 Å². The quantitative estimate of drug-likeness (QED) is 0.162. The van der Waals surface area contributed by atoms with Gasteiger partial charge >= 0.3 is 0 Å². The van der Waals surface area contributed by atoms with E-state index in [0.717, 1.165) is 11.8 Å². The van der Waals surface area contributed by atoms with E-state index in [1.165, 1.54) is 58.4 Å². The first kappa shape index (κ1) is 31.7. The van der Waals surface area contributed by atoms with Crippen molar-refractivity contribution in [2.24, 2.45) is 0 Å². The van der Waals surface area contributed by atoms with Crippen LogP contribution >= 0.6 is 11.8 Å². The molecule has 2 saturated heterocycles. The monoisotopic (exact) mass is 646 g/mol. The van der Waals surface area contributed by atoms with Gasteiger partial charge in [0.05, 0.1) is 25.6 Å². The summed E-state index contributed by atoms with van der Waals surface area (Å²) in [5.74, 6) is -0.890. The topological polar surface area (TPSA) is 175 Å². The molecule has 0 radical (unpaired) electrons. The van der Waals surface area contributed by atoms with Crippen molar-refractivity contribution in [2.75, 3.05) is 13.2 Å². The first-order chi connectivity index (χ1) is 21.7. The second-order valence-electron chi connectivity index (χ2n) is 11.0. The number of aliphatic hydroxyl groups is 6. The van der Waals surface area contributed by atoms with Gasteiger partial charge in [-0.1, -0.05) is 36.0 Å². The largest absolute Gasteiger partial charge is 0.394 e. The van der Waals surface area contributed by atoms with Crippen molar-refractivity contribution < 1.29 is 48.9 Å². The number of benzene rings is 2. The lowest BCUT2D eigenvalue weighted by molar-refractivity contribution is -0.188. The highest BCUT2D eigenvalue weighted by Gasteiger charge is 2.51. The molecule has 2 fully saturated rings. The number of rotatable bonds is 8. The van der Waals surface area contributed by atoms with Gasteiger partial charge in [0, 0.05) is 23.5 Å². The standard InChI is InChI=1S/C30H32F2N4O8S/c31-19-5-1-3-15(7-19)17-9-33-35(11-17)23-25(39)21(13-37)43-29(27(23)41)45-30-28(42)24(26(40)22(14-38)44-30)36-12-18(10-34-36)16-4-2-6-20(32)8-16/h1-12,21-30,37-42H,13-14H2/t21-,22?,23?,24+,25?,26+,27-,28?,29+,30+/m1/s1. The Morgan fingerprint density at radius 3 is 1.44 bits per heavy atom. The summed E-state index contributed by atoms with van der Waals surface area (Å²) in [6.45, 7) is -1.21. The minimum absolute atomic E-state index is 0.445. The predicted molar refractivity (Wildman–Crippen MR) is 156 cm³/mol. The number of hydrogen-bond donors (Lipinski definition) is 6. The van der Waals surface area contributed by atoms with Crippen LogP contribution in [0.3, 0.4) is 0 Å². The summed E-state index contributed by atoms with van der Waals surface area (Å²) in [5.41, 5.74) is -0.273. The molecular formula is C30H32F2N4O8S. The second-order valence-corrected chi connectivity index (χ2v) is 12.2. The van der Waals surface area contributed by atoms with Gasteiger partial charge in [-0.2, -0.15) is 10.2 Å². The molecule has 240 valence electrons. The second kappa shape index (κ2) is 13.2. The highest BCUT2D eigenvalue weighted by molar-refractivity contribution is 8.00. The number of aromatic nitrogens is 4. The Bertz CT molecular complexity index is 1490. The molecule has 2 aromatic carbocycles. The Kier molecular flexibility index (Phi) is 9.33. The summed E-state index contributed by atoms with van der Waals surface area (Å²) in [6, 6.07) is 9.45. The summed E-state index contributed by atoms with van der Waals surface area (Å²) in [5, 5.41) is 73.4. The lowest BCUT2D eigenvalue weighted by atomic mass is 9.97. The van der Waals surface area contributed by atoms with Crippen LogP contribution in [0.1, 0.15) is 12.1 Å². The molecule has 0 amide bonds. The highest BCUT2D eigenvalue weighted by Crippen LogP contribution is 2.42. The number of ether oxygens (including phenoxy) is 2. The van der Waals surface area contributed by atoms with E-state index in [1.54, 1.807) is 24.3 Å². The van der Waals surface area contributed by atoms with Crippen molar-refractivity contribution in [3.05, 3.63) is 85.0 Å². The molecule has 2 aliphatic rings. The lowest BCUT2D eigenvalue weighted by Crippen LogP contribution is -2.58. The summed E-state index contributed by atoms with van der Waals surface area (Å²) in [6.07, 6.45) is -2.06. The minimum Gasteiger partial charge on any atom is -0.394 e. The predicted octanol–water partition coefficient (Wildman–Crippen LogP) is 1.09. The van der Waals surface area contributed by atoms with Crippen molar-refractivity contribution in [3.8, 4) is 22.3 Å². The molecule has 15 heteroatoms. The lowest BCUT2D eigenvalue weighted by Gasteiger charge is -2.46. The number of thioether (sulfide) groups is 1. The maximum Gasteiger partial charge on any atom is 0.134 e. The fraction of sp³-hybridized carbons (Fsp3) is 0.400. The van der Waals surface area contributed by atoms with Gasteiger partial charge in [-0.15, -0.1) is 0 Å². The fourth-order valence-corrected chi connectivity index (χ4v) is 7.08. The van der Waals surface area contributed by atoms with Crippen LogP contribution in [0.15, 0.2) is 73.3 Å². The first-order valence-corrected chi connectivity index (χ1v) is 15.1. The zero-order chi connectivity index (χ0) is 31.8. The zero-order valence-electron chi connectivity index (χ0n) is 23.6. The molecule has 2 aromatic heterocycles. The summed E-state index contributed by atoms with van der Waals surface area (Å²) >= 11 is 0.837. The van der Waals surface area contributed by atoms with Gasteiger partial charge in [0.25, 0.3) is 0 Å². The van der Waals surface area contributed by atoms with Gasteiger partial charge in [-0.05, 0) is 35.4 Å². The molecule has 4 aromatic rings. The minimum atomic E-state index is -1.45. The average molecular weight is 647 g/mol. The van der Waals surface area contributed by atoms with E-state index in [4.69, 9.17) is 9.47 Å². The molecule has 0 spiro atoms. The average Bonchev–Trinajstić information content (AvgIpc) is 3.71. The third-order valence-electron chi connectivity index (χ3n) is 8.09. The summed E-state index contributed by atoms with van der Waals surface area (Å²) < 4.78 is 41.9.